The average Bonchev–Trinajstić information content (AvgIpc) is 2.93. The summed E-state index contributed by atoms with van der Waals surface area (Å²) < 4.78 is 0. The van der Waals surface area contributed by atoms with Crippen molar-refractivity contribution in [1.29, 1.82) is 0 Å². The SMILES string of the molecule is Cc1nc2c(s1)C(N(C)C(=O)C1CCC(C(=O)O)CC1)CCC2. The second-order valence-electron chi connectivity index (χ2n) is 6.79. The first-order chi connectivity index (χ1) is 11.0. The molecule has 6 heteroatoms. The first-order valence-corrected chi connectivity index (χ1v) is 9.24. The van der Waals surface area contributed by atoms with E-state index in [4.69, 9.17) is 5.11 Å². The Morgan fingerprint density at radius 3 is 2.48 bits per heavy atom. The number of amides is 1. The van der Waals surface area contributed by atoms with E-state index in [2.05, 4.69) is 4.98 Å². The summed E-state index contributed by atoms with van der Waals surface area (Å²) in [5, 5.41) is 10.2. The van der Waals surface area contributed by atoms with E-state index in [0.29, 0.717) is 25.7 Å². The molecule has 1 aromatic rings. The van der Waals surface area contributed by atoms with Crippen LogP contribution in [0.5, 0.6) is 0 Å². The highest BCUT2D eigenvalue weighted by Crippen LogP contribution is 2.39. The number of fused-ring (bicyclic) bond motifs is 1. The topological polar surface area (TPSA) is 70.5 Å². The molecule has 0 aromatic carbocycles. The molecule has 5 nitrogen and oxygen atoms in total. The van der Waals surface area contributed by atoms with Gasteiger partial charge in [-0.3, -0.25) is 9.59 Å². The fraction of sp³-hybridized carbons (Fsp3) is 0.706. The van der Waals surface area contributed by atoms with Gasteiger partial charge < -0.3 is 10.0 Å². The van der Waals surface area contributed by atoms with Gasteiger partial charge in [0, 0.05) is 13.0 Å². The summed E-state index contributed by atoms with van der Waals surface area (Å²) in [6, 6.07) is 0.148. The van der Waals surface area contributed by atoms with Crippen LogP contribution in [0.2, 0.25) is 0 Å². The Kier molecular flexibility index (Phi) is 4.71. The molecule has 1 heterocycles. The van der Waals surface area contributed by atoms with Crippen LogP contribution < -0.4 is 0 Å². The molecule has 23 heavy (non-hydrogen) atoms. The second kappa shape index (κ2) is 6.59. The zero-order valence-corrected chi connectivity index (χ0v) is 14.6. The molecule has 2 aliphatic carbocycles. The fourth-order valence-corrected chi connectivity index (χ4v) is 5.07. The Balaban J connectivity index is 1.68. The smallest absolute Gasteiger partial charge is 0.306 e. The van der Waals surface area contributed by atoms with Crippen LogP contribution in [0.4, 0.5) is 0 Å². The number of aliphatic carboxylic acids is 1. The molecule has 1 aromatic heterocycles. The largest absolute Gasteiger partial charge is 0.481 e. The van der Waals surface area contributed by atoms with Crippen LogP contribution >= 0.6 is 11.3 Å². The molecule has 2 aliphatic rings. The second-order valence-corrected chi connectivity index (χ2v) is 8.02. The minimum Gasteiger partial charge on any atom is -0.481 e. The molecule has 1 N–H and O–H groups in total. The van der Waals surface area contributed by atoms with E-state index in [9.17, 15) is 9.59 Å². The molecule has 0 aliphatic heterocycles. The van der Waals surface area contributed by atoms with Gasteiger partial charge in [-0.2, -0.15) is 0 Å². The fourth-order valence-electron chi connectivity index (χ4n) is 3.92. The summed E-state index contributed by atoms with van der Waals surface area (Å²) in [6.45, 7) is 2.02. The molecule has 1 atom stereocenters. The van der Waals surface area contributed by atoms with Crippen molar-refractivity contribution < 1.29 is 14.7 Å². The third-order valence-corrected chi connectivity index (χ3v) is 6.38. The molecule has 1 fully saturated rings. The lowest BCUT2D eigenvalue weighted by Crippen LogP contribution is -2.39. The molecule has 0 spiro atoms. The molecular weight excluding hydrogens is 312 g/mol. The molecule has 1 amide bonds. The van der Waals surface area contributed by atoms with Crippen molar-refractivity contribution in [2.45, 2.75) is 57.9 Å². The van der Waals surface area contributed by atoms with Crippen LogP contribution in [0.3, 0.4) is 0 Å². The van der Waals surface area contributed by atoms with E-state index in [1.807, 2.05) is 18.9 Å². The Labute approximate surface area is 140 Å². The highest BCUT2D eigenvalue weighted by molar-refractivity contribution is 7.11. The normalized spacial score (nSPS) is 27.3. The van der Waals surface area contributed by atoms with Gasteiger partial charge in [0.2, 0.25) is 5.91 Å². The number of nitrogens with zero attached hydrogens (tertiary/aromatic N) is 2. The number of carboxylic acids is 1. The van der Waals surface area contributed by atoms with Crippen molar-refractivity contribution in [2.24, 2.45) is 11.8 Å². The molecular formula is C17H24N2O3S. The number of hydrogen-bond acceptors (Lipinski definition) is 4. The highest BCUT2D eigenvalue weighted by Gasteiger charge is 2.35. The number of thiazole rings is 1. The molecule has 1 unspecified atom stereocenters. The standard InChI is InChI=1S/C17H24N2O3S/c1-10-18-13-4-3-5-14(15(13)23-10)19(2)16(20)11-6-8-12(9-7-11)17(21)22/h11-12,14H,3-9H2,1-2H3,(H,21,22). The van der Waals surface area contributed by atoms with E-state index in [1.54, 1.807) is 11.3 Å². The highest BCUT2D eigenvalue weighted by atomic mass is 32.1. The predicted octanol–water partition coefficient (Wildman–Crippen LogP) is 3.18. The maximum Gasteiger partial charge on any atom is 0.306 e. The van der Waals surface area contributed by atoms with Crippen LogP contribution in [0.25, 0.3) is 0 Å². The van der Waals surface area contributed by atoms with Gasteiger partial charge >= 0.3 is 5.97 Å². The predicted molar refractivity (Wildman–Crippen MR) is 88.4 cm³/mol. The Morgan fingerprint density at radius 1 is 1.17 bits per heavy atom. The summed E-state index contributed by atoms with van der Waals surface area (Å²) in [5.41, 5.74) is 1.16. The molecule has 0 radical (unpaired) electrons. The van der Waals surface area contributed by atoms with Crippen molar-refractivity contribution in [3.63, 3.8) is 0 Å². The summed E-state index contributed by atoms with van der Waals surface area (Å²) in [4.78, 5) is 31.7. The molecule has 126 valence electrons. The van der Waals surface area contributed by atoms with Gasteiger partial charge in [0.1, 0.15) is 0 Å². The van der Waals surface area contributed by atoms with Crippen LogP contribution in [0.1, 0.15) is 60.1 Å². The van der Waals surface area contributed by atoms with E-state index in [1.165, 1.54) is 4.88 Å². The summed E-state index contributed by atoms with van der Waals surface area (Å²) >= 11 is 1.71. The summed E-state index contributed by atoms with van der Waals surface area (Å²) in [6.07, 6.45) is 5.72. The number of carbonyl (C=O) groups excluding carboxylic acids is 1. The maximum absolute atomic E-state index is 12.9. The molecule has 3 rings (SSSR count). The number of aromatic nitrogens is 1. The van der Waals surface area contributed by atoms with Crippen molar-refractivity contribution in [3.8, 4) is 0 Å². The number of hydrogen-bond donors (Lipinski definition) is 1. The van der Waals surface area contributed by atoms with Gasteiger partial charge in [0.25, 0.3) is 0 Å². The quantitative estimate of drug-likeness (QED) is 0.920. The number of carboxylic acid groups (broad SMARTS) is 1. The zero-order valence-electron chi connectivity index (χ0n) is 13.7. The monoisotopic (exact) mass is 336 g/mol. The van der Waals surface area contributed by atoms with Gasteiger partial charge in [-0.15, -0.1) is 11.3 Å². The van der Waals surface area contributed by atoms with Crippen LogP contribution in [-0.2, 0) is 16.0 Å². The van der Waals surface area contributed by atoms with E-state index < -0.39 is 5.97 Å². The van der Waals surface area contributed by atoms with E-state index in [-0.39, 0.29) is 23.8 Å². The van der Waals surface area contributed by atoms with Gasteiger partial charge in [0.15, 0.2) is 0 Å². The van der Waals surface area contributed by atoms with Crippen molar-refractivity contribution in [3.05, 3.63) is 15.6 Å². The lowest BCUT2D eigenvalue weighted by Gasteiger charge is -2.35. The van der Waals surface area contributed by atoms with Crippen LogP contribution in [0, 0.1) is 18.8 Å². The van der Waals surface area contributed by atoms with Crippen LogP contribution in [0.15, 0.2) is 0 Å². The third-order valence-electron chi connectivity index (χ3n) is 5.27. The van der Waals surface area contributed by atoms with Gasteiger partial charge in [-0.05, 0) is 51.9 Å². The first kappa shape index (κ1) is 16.4. The Bertz CT molecular complexity index is 605. The minimum atomic E-state index is -0.721. The summed E-state index contributed by atoms with van der Waals surface area (Å²) in [7, 11) is 1.90. The lowest BCUT2D eigenvalue weighted by atomic mass is 9.81. The zero-order chi connectivity index (χ0) is 16.6. The summed E-state index contributed by atoms with van der Waals surface area (Å²) in [5.74, 6) is -0.830. The molecule has 0 saturated heterocycles. The Hall–Kier alpha value is -1.43. The third kappa shape index (κ3) is 3.27. The number of aryl methyl sites for hydroxylation is 2. The number of carbonyl (C=O) groups is 2. The van der Waals surface area contributed by atoms with Crippen molar-refractivity contribution in [2.75, 3.05) is 7.05 Å². The molecule has 1 saturated carbocycles. The van der Waals surface area contributed by atoms with Gasteiger partial charge in [0.05, 0.1) is 27.5 Å². The Morgan fingerprint density at radius 2 is 1.83 bits per heavy atom. The molecule has 0 bridgehead atoms. The van der Waals surface area contributed by atoms with Crippen molar-refractivity contribution in [1.82, 2.24) is 9.88 Å². The van der Waals surface area contributed by atoms with Crippen molar-refractivity contribution >= 4 is 23.2 Å². The van der Waals surface area contributed by atoms with E-state index in [0.717, 1.165) is 30.0 Å². The van der Waals surface area contributed by atoms with Crippen LogP contribution in [-0.4, -0.2) is 33.9 Å². The maximum atomic E-state index is 12.9. The van der Waals surface area contributed by atoms with Gasteiger partial charge in [-0.1, -0.05) is 0 Å². The average molecular weight is 336 g/mol. The first-order valence-electron chi connectivity index (χ1n) is 8.43. The lowest BCUT2D eigenvalue weighted by molar-refractivity contribution is -0.146. The minimum absolute atomic E-state index is 0.0185. The number of rotatable bonds is 3. The van der Waals surface area contributed by atoms with E-state index >= 15 is 0 Å². The van der Waals surface area contributed by atoms with Gasteiger partial charge in [-0.25, -0.2) is 4.98 Å².